The normalized spacial score (nSPS) is 10.4. The molecule has 5 heteroatoms. The maximum atomic E-state index is 11.6. The number of aromatic nitrogens is 1. The Morgan fingerprint density at radius 1 is 1.37 bits per heavy atom. The van der Waals surface area contributed by atoms with Crippen molar-refractivity contribution in [1.29, 1.82) is 0 Å². The van der Waals surface area contributed by atoms with Gasteiger partial charge in [-0.3, -0.25) is 9.78 Å². The quantitative estimate of drug-likeness (QED) is 0.763. The Bertz CT molecular complexity index is 583. The number of nitrogen functional groups attached to an aromatic ring is 1. The van der Waals surface area contributed by atoms with Crippen LogP contribution in [0.25, 0.3) is 10.9 Å². The van der Waals surface area contributed by atoms with E-state index in [1.54, 1.807) is 6.20 Å². The summed E-state index contributed by atoms with van der Waals surface area (Å²) in [6, 6.07) is 7.69. The number of anilines is 2. The van der Waals surface area contributed by atoms with E-state index in [0.29, 0.717) is 12.2 Å². The molecule has 2 aromatic rings. The smallest absolute Gasteiger partial charge is 0.239 e. The van der Waals surface area contributed by atoms with Gasteiger partial charge in [0.25, 0.3) is 0 Å². The number of carbonyl (C=O) groups is 1. The van der Waals surface area contributed by atoms with Crippen molar-refractivity contribution < 1.29 is 4.79 Å². The molecule has 0 atom stereocenters. The molecule has 1 heterocycles. The zero-order valence-electron chi connectivity index (χ0n) is 10.9. The predicted octanol–water partition coefficient (Wildman–Crippen LogP) is 1.76. The van der Waals surface area contributed by atoms with Crippen LogP contribution in [0.3, 0.4) is 0 Å². The molecule has 0 aliphatic heterocycles. The van der Waals surface area contributed by atoms with E-state index in [9.17, 15) is 4.79 Å². The first-order valence-corrected chi connectivity index (χ1v) is 6.36. The van der Waals surface area contributed by atoms with E-state index < -0.39 is 0 Å². The fourth-order valence-electron chi connectivity index (χ4n) is 1.85. The summed E-state index contributed by atoms with van der Waals surface area (Å²) in [5.41, 5.74) is 8.08. The standard InChI is InChI=1S/C14H18N4O/c1-2-7-16-13(19)9-18-14-10-5-3-4-6-12(10)17-8-11(14)15/h3-6,8H,2,7,9,15H2,1H3,(H,16,19)(H,17,18). The minimum absolute atomic E-state index is 0.0397. The van der Waals surface area contributed by atoms with Gasteiger partial charge in [0, 0.05) is 11.9 Å². The number of benzene rings is 1. The molecule has 0 bridgehead atoms. The number of carbonyl (C=O) groups excluding carboxylic acids is 1. The van der Waals surface area contributed by atoms with Gasteiger partial charge >= 0.3 is 0 Å². The van der Waals surface area contributed by atoms with Crippen LogP contribution in [0.5, 0.6) is 0 Å². The molecule has 0 radical (unpaired) electrons. The van der Waals surface area contributed by atoms with Crippen molar-refractivity contribution in [3.63, 3.8) is 0 Å². The SMILES string of the molecule is CCCNC(=O)CNc1c(N)cnc2ccccc12. The number of amides is 1. The third kappa shape index (κ3) is 3.13. The van der Waals surface area contributed by atoms with Crippen LogP contribution < -0.4 is 16.4 Å². The van der Waals surface area contributed by atoms with Crippen molar-refractivity contribution in [3.8, 4) is 0 Å². The second kappa shape index (κ2) is 6.04. The van der Waals surface area contributed by atoms with Gasteiger partial charge in [0.2, 0.25) is 5.91 Å². The average Bonchev–Trinajstić information content (AvgIpc) is 2.44. The topological polar surface area (TPSA) is 80.0 Å². The Labute approximate surface area is 112 Å². The molecule has 0 saturated carbocycles. The van der Waals surface area contributed by atoms with Crippen molar-refractivity contribution >= 4 is 28.2 Å². The summed E-state index contributed by atoms with van der Waals surface area (Å²) in [7, 11) is 0. The van der Waals surface area contributed by atoms with Crippen LogP contribution in [-0.4, -0.2) is 24.0 Å². The van der Waals surface area contributed by atoms with Crippen LogP contribution in [0.2, 0.25) is 0 Å². The molecule has 1 amide bonds. The van der Waals surface area contributed by atoms with Crippen LogP contribution >= 0.6 is 0 Å². The van der Waals surface area contributed by atoms with Crippen molar-refractivity contribution in [1.82, 2.24) is 10.3 Å². The Kier molecular flexibility index (Phi) is 4.18. The van der Waals surface area contributed by atoms with Gasteiger partial charge in [-0.25, -0.2) is 0 Å². The molecule has 0 aliphatic carbocycles. The van der Waals surface area contributed by atoms with E-state index in [0.717, 1.165) is 23.0 Å². The Hall–Kier alpha value is -2.30. The molecule has 5 nitrogen and oxygen atoms in total. The molecule has 0 aliphatic rings. The van der Waals surface area contributed by atoms with Gasteiger partial charge in [-0.2, -0.15) is 0 Å². The van der Waals surface area contributed by atoms with Crippen molar-refractivity contribution in [3.05, 3.63) is 30.5 Å². The molecule has 0 saturated heterocycles. The fourth-order valence-corrected chi connectivity index (χ4v) is 1.85. The Balaban J connectivity index is 2.15. The van der Waals surface area contributed by atoms with Gasteiger partial charge < -0.3 is 16.4 Å². The lowest BCUT2D eigenvalue weighted by atomic mass is 10.1. The molecular formula is C14H18N4O. The molecule has 1 aromatic heterocycles. The average molecular weight is 258 g/mol. The highest BCUT2D eigenvalue weighted by atomic mass is 16.1. The maximum Gasteiger partial charge on any atom is 0.239 e. The van der Waals surface area contributed by atoms with E-state index in [-0.39, 0.29) is 12.5 Å². The Morgan fingerprint density at radius 3 is 2.95 bits per heavy atom. The molecule has 2 rings (SSSR count). The first kappa shape index (κ1) is 13.1. The largest absolute Gasteiger partial charge is 0.396 e. The second-order valence-electron chi connectivity index (χ2n) is 4.31. The molecule has 0 unspecified atom stereocenters. The Morgan fingerprint density at radius 2 is 2.16 bits per heavy atom. The number of nitrogens with two attached hydrogens (primary N) is 1. The lowest BCUT2D eigenvalue weighted by molar-refractivity contribution is -0.119. The summed E-state index contributed by atoms with van der Waals surface area (Å²) in [4.78, 5) is 15.8. The van der Waals surface area contributed by atoms with Crippen molar-refractivity contribution in [2.75, 3.05) is 24.1 Å². The van der Waals surface area contributed by atoms with Crippen LogP contribution in [0.1, 0.15) is 13.3 Å². The van der Waals surface area contributed by atoms with E-state index >= 15 is 0 Å². The zero-order chi connectivity index (χ0) is 13.7. The highest BCUT2D eigenvalue weighted by molar-refractivity contribution is 5.98. The second-order valence-corrected chi connectivity index (χ2v) is 4.31. The number of nitrogens with one attached hydrogen (secondary N) is 2. The lowest BCUT2D eigenvalue weighted by Gasteiger charge is -2.12. The predicted molar refractivity (Wildman–Crippen MR) is 77.9 cm³/mol. The summed E-state index contributed by atoms with van der Waals surface area (Å²) < 4.78 is 0. The minimum Gasteiger partial charge on any atom is -0.396 e. The monoisotopic (exact) mass is 258 g/mol. The molecular weight excluding hydrogens is 240 g/mol. The zero-order valence-corrected chi connectivity index (χ0v) is 10.9. The fraction of sp³-hybridized carbons (Fsp3) is 0.286. The van der Waals surface area contributed by atoms with Crippen LogP contribution in [-0.2, 0) is 4.79 Å². The van der Waals surface area contributed by atoms with Gasteiger partial charge in [0.1, 0.15) is 0 Å². The first-order chi connectivity index (χ1) is 9.22. The van der Waals surface area contributed by atoms with Crippen LogP contribution in [0.4, 0.5) is 11.4 Å². The third-order valence-electron chi connectivity index (χ3n) is 2.80. The van der Waals surface area contributed by atoms with Gasteiger partial charge in [-0.05, 0) is 12.5 Å². The maximum absolute atomic E-state index is 11.6. The van der Waals surface area contributed by atoms with Crippen LogP contribution in [0, 0.1) is 0 Å². The molecule has 4 N–H and O–H groups in total. The number of hydrogen-bond acceptors (Lipinski definition) is 4. The number of nitrogens with zero attached hydrogens (tertiary/aromatic N) is 1. The van der Waals surface area contributed by atoms with E-state index in [1.807, 2.05) is 31.2 Å². The number of fused-ring (bicyclic) bond motifs is 1. The van der Waals surface area contributed by atoms with Gasteiger partial charge in [-0.1, -0.05) is 25.1 Å². The summed E-state index contributed by atoms with van der Waals surface area (Å²) in [5, 5.41) is 6.82. The van der Waals surface area contributed by atoms with E-state index in [4.69, 9.17) is 5.73 Å². The van der Waals surface area contributed by atoms with E-state index in [2.05, 4.69) is 15.6 Å². The number of pyridine rings is 1. The molecule has 0 fully saturated rings. The molecule has 1 aromatic carbocycles. The summed E-state index contributed by atoms with van der Waals surface area (Å²) in [6.45, 7) is 2.91. The molecule has 19 heavy (non-hydrogen) atoms. The van der Waals surface area contributed by atoms with Crippen molar-refractivity contribution in [2.24, 2.45) is 0 Å². The number of hydrogen-bond donors (Lipinski definition) is 3. The lowest BCUT2D eigenvalue weighted by Crippen LogP contribution is -2.30. The minimum atomic E-state index is -0.0397. The van der Waals surface area contributed by atoms with E-state index in [1.165, 1.54) is 0 Å². The van der Waals surface area contributed by atoms with Gasteiger partial charge in [-0.15, -0.1) is 0 Å². The highest BCUT2D eigenvalue weighted by Crippen LogP contribution is 2.27. The molecule has 0 spiro atoms. The summed E-state index contributed by atoms with van der Waals surface area (Å²) in [6.07, 6.45) is 2.53. The van der Waals surface area contributed by atoms with Crippen molar-refractivity contribution in [2.45, 2.75) is 13.3 Å². The highest BCUT2D eigenvalue weighted by Gasteiger charge is 2.07. The summed E-state index contributed by atoms with van der Waals surface area (Å²) >= 11 is 0. The third-order valence-corrected chi connectivity index (χ3v) is 2.80. The number of para-hydroxylation sites is 1. The van der Waals surface area contributed by atoms with Gasteiger partial charge in [0.05, 0.1) is 29.6 Å². The first-order valence-electron chi connectivity index (χ1n) is 6.36. The molecule has 100 valence electrons. The number of rotatable bonds is 5. The van der Waals surface area contributed by atoms with Gasteiger partial charge in [0.15, 0.2) is 0 Å². The summed E-state index contributed by atoms with van der Waals surface area (Å²) in [5.74, 6) is -0.0397. The van der Waals surface area contributed by atoms with Crippen LogP contribution in [0.15, 0.2) is 30.5 Å².